The summed E-state index contributed by atoms with van der Waals surface area (Å²) in [5, 5.41) is 12.9. The van der Waals surface area contributed by atoms with Crippen LogP contribution in [0.1, 0.15) is 34.7 Å². The normalized spacial score (nSPS) is 23.4. The highest BCUT2D eigenvalue weighted by atomic mass is 16.5. The number of carboxylic acid groups (broad SMARTS) is 1. The van der Waals surface area contributed by atoms with E-state index in [2.05, 4.69) is 5.10 Å². The highest BCUT2D eigenvalue weighted by molar-refractivity contribution is 6.03. The molecule has 1 saturated heterocycles. The molecule has 19 heavy (non-hydrogen) atoms. The zero-order valence-electron chi connectivity index (χ0n) is 11.2. The maximum absolute atomic E-state index is 12.4. The van der Waals surface area contributed by atoms with Gasteiger partial charge in [-0.2, -0.15) is 5.10 Å². The fraction of sp³-hybridized carbons (Fsp3) is 0.583. The standard InChI is InChI=1S/C12H17N3O4/c1-7-5-15(6-8(2)19-7)11(16)10-9(12(17)18)4-13-14(10)3/h4,7-8H,5-6H2,1-3H3,(H,17,18). The summed E-state index contributed by atoms with van der Waals surface area (Å²) < 4.78 is 6.86. The highest BCUT2D eigenvalue weighted by Crippen LogP contribution is 2.16. The van der Waals surface area contributed by atoms with Crippen LogP contribution in [0.15, 0.2) is 6.20 Å². The quantitative estimate of drug-likeness (QED) is 0.836. The van der Waals surface area contributed by atoms with Gasteiger partial charge in [-0.1, -0.05) is 0 Å². The second-order valence-corrected chi connectivity index (χ2v) is 4.80. The average molecular weight is 267 g/mol. The lowest BCUT2D eigenvalue weighted by Gasteiger charge is -2.35. The van der Waals surface area contributed by atoms with Gasteiger partial charge in [0.1, 0.15) is 11.3 Å². The maximum Gasteiger partial charge on any atom is 0.339 e. The van der Waals surface area contributed by atoms with Crippen molar-refractivity contribution >= 4 is 11.9 Å². The number of amides is 1. The van der Waals surface area contributed by atoms with Crippen LogP contribution in [0.25, 0.3) is 0 Å². The summed E-state index contributed by atoms with van der Waals surface area (Å²) in [6, 6.07) is 0. The molecule has 0 spiro atoms. The van der Waals surface area contributed by atoms with Crippen LogP contribution in [0.2, 0.25) is 0 Å². The third kappa shape index (κ3) is 2.60. The first kappa shape index (κ1) is 13.5. The molecule has 1 aromatic rings. The highest BCUT2D eigenvalue weighted by Gasteiger charge is 2.31. The number of aromatic carboxylic acids is 1. The van der Waals surface area contributed by atoms with Gasteiger partial charge < -0.3 is 14.7 Å². The van der Waals surface area contributed by atoms with Gasteiger partial charge in [-0.15, -0.1) is 0 Å². The third-order valence-electron chi connectivity index (χ3n) is 3.08. The molecule has 2 heterocycles. The van der Waals surface area contributed by atoms with E-state index in [-0.39, 0.29) is 29.4 Å². The molecule has 0 radical (unpaired) electrons. The Morgan fingerprint density at radius 2 is 1.95 bits per heavy atom. The van der Waals surface area contributed by atoms with Crippen molar-refractivity contribution < 1.29 is 19.4 Å². The largest absolute Gasteiger partial charge is 0.478 e. The zero-order chi connectivity index (χ0) is 14.2. The Balaban J connectivity index is 2.29. The molecule has 0 aromatic carbocycles. The molecule has 0 saturated carbocycles. The van der Waals surface area contributed by atoms with E-state index in [9.17, 15) is 9.59 Å². The minimum Gasteiger partial charge on any atom is -0.478 e. The fourth-order valence-electron chi connectivity index (χ4n) is 2.34. The Morgan fingerprint density at radius 1 is 1.37 bits per heavy atom. The lowest BCUT2D eigenvalue weighted by atomic mass is 10.1. The van der Waals surface area contributed by atoms with Crippen LogP contribution in [0.3, 0.4) is 0 Å². The number of hydrogen-bond donors (Lipinski definition) is 1. The van der Waals surface area contributed by atoms with E-state index in [1.807, 2.05) is 13.8 Å². The Labute approximate surface area is 110 Å². The minimum absolute atomic E-state index is 0.0609. The van der Waals surface area contributed by atoms with Gasteiger partial charge in [0.15, 0.2) is 0 Å². The summed E-state index contributed by atoms with van der Waals surface area (Å²) >= 11 is 0. The number of hydrogen-bond acceptors (Lipinski definition) is 4. The van der Waals surface area contributed by atoms with Crippen LogP contribution >= 0.6 is 0 Å². The number of morpholine rings is 1. The van der Waals surface area contributed by atoms with Gasteiger partial charge in [-0.3, -0.25) is 9.48 Å². The zero-order valence-corrected chi connectivity index (χ0v) is 11.2. The molecule has 2 rings (SSSR count). The topological polar surface area (TPSA) is 84.7 Å². The molecule has 1 fully saturated rings. The van der Waals surface area contributed by atoms with Crippen molar-refractivity contribution in [1.82, 2.24) is 14.7 Å². The summed E-state index contributed by atoms with van der Waals surface area (Å²) in [6.07, 6.45) is 1.08. The van der Waals surface area contributed by atoms with Crippen LogP contribution in [-0.4, -0.2) is 57.0 Å². The van der Waals surface area contributed by atoms with Gasteiger partial charge in [0, 0.05) is 20.1 Å². The molecule has 104 valence electrons. The molecule has 1 aromatic heterocycles. The second-order valence-electron chi connectivity index (χ2n) is 4.80. The number of carbonyl (C=O) groups is 2. The average Bonchev–Trinajstić information content (AvgIpc) is 2.69. The summed E-state index contributed by atoms with van der Waals surface area (Å²) in [5.41, 5.74) is 0.0353. The second kappa shape index (κ2) is 5.00. The Morgan fingerprint density at radius 3 is 2.47 bits per heavy atom. The number of aromatic nitrogens is 2. The Bertz CT molecular complexity index is 501. The van der Waals surface area contributed by atoms with Gasteiger partial charge in [0.2, 0.25) is 0 Å². The van der Waals surface area contributed by atoms with Gasteiger partial charge in [-0.05, 0) is 13.8 Å². The number of nitrogens with zero attached hydrogens (tertiary/aromatic N) is 3. The molecule has 1 amide bonds. The maximum atomic E-state index is 12.4. The van der Waals surface area contributed by atoms with Crippen LogP contribution in [0, 0.1) is 0 Å². The number of aryl methyl sites for hydroxylation is 1. The van der Waals surface area contributed by atoms with E-state index in [0.717, 1.165) is 0 Å². The summed E-state index contributed by atoms with van der Waals surface area (Å²) in [4.78, 5) is 25.2. The first-order chi connectivity index (χ1) is 8.90. The van der Waals surface area contributed by atoms with Crippen LogP contribution in [0.5, 0.6) is 0 Å². The number of rotatable bonds is 2. The van der Waals surface area contributed by atoms with Crippen molar-refractivity contribution in [3.8, 4) is 0 Å². The molecule has 7 nitrogen and oxygen atoms in total. The third-order valence-corrected chi connectivity index (χ3v) is 3.08. The summed E-state index contributed by atoms with van der Waals surface area (Å²) in [7, 11) is 1.56. The van der Waals surface area contributed by atoms with Gasteiger partial charge in [-0.25, -0.2) is 4.79 Å². The number of carboxylic acids is 1. The van der Waals surface area contributed by atoms with Gasteiger partial charge in [0.05, 0.1) is 18.4 Å². The molecule has 1 N–H and O–H groups in total. The van der Waals surface area contributed by atoms with Crippen LogP contribution < -0.4 is 0 Å². The van der Waals surface area contributed by atoms with Crippen molar-refractivity contribution in [2.75, 3.05) is 13.1 Å². The molecule has 2 atom stereocenters. The fourth-order valence-corrected chi connectivity index (χ4v) is 2.34. The molecule has 1 aliphatic rings. The number of ether oxygens (including phenoxy) is 1. The van der Waals surface area contributed by atoms with Crippen molar-refractivity contribution in [3.05, 3.63) is 17.5 Å². The molecule has 1 aliphatic heterocycles. The van der Waals surface area contributed by atoms with Crippen molar-refractivity contribution in [1.29, 1.82) is 0 Å². The van der Waals surface area contributed by atoms with E-state index < -0.39 is 5.97 Å². The van der Waals surface area contributed by atoms with Crippen molar-refractivity contribution in [2.45, 2.75) is 26.1 Å². The predicted octanol–water partition coefficient (Wildman–Crippen LogP) is 0.368. The van der Waals surface area contributed by atoms with E-state index in [4.69, 9.17) is 9.84 Å². The molecular weight excluding hydrogens is 250 g/mol. The van der Waals surface area contributed by atoms with Crippen molar-refractivity contribution in [2.24, 2.45) is 7.05 Å². The van der Waals surface area contributed by atoms with Crippen molar-refractivity contribution in [3.63, 3.8) is 0 Å². The van der Waals surface area contributed by atoms with Crippen LogP contribution in [-0.2, 0) is 11.8 Å². The lowest BCUT2D eigenvalue weighted by molar-refractivity contribution is -0.0588. The van der Waals surface area contributed by atoms with E-state index in [1.54, 1.807) is 11.9 Å². The predicted molar refractivity (Wildman–Crippen MR) is 66.1 cm³/mol. The van der Waals surface area contributed by atoms with Gasteiger partial charge in [0.25, 0.3) is 5.91 Å². The molecule has 0 bridgehead atoms. The SMILES string of the molecule is CC1CN(C(=O)c2c(C(=O)O)cnn2C)CC(C)O1. The molecular formula is C12H17N3O4. The summed E-state index contributed by atoms with van der Waals surface area (Å²) in [6.45, 7) is 4.68. The van der Waals surface area contributed by atoms with Gasteiger partial charge >= 0.3 is 5.97 Å². The first-order valence-corrected chi connectivity index (χ1v) is 6.10. The summed E-state index contributed by atoms with van der Waals surface area (Å²) in [5.74, 6) is -1.47. The molecule has 2 unspecified atom stereocenters. The monoisotopic (exact) mass is 267 g/mol. The smallest absolute Gasteiger partial charge is 0.339 e. The molecule has 0 aliphatic carbocycles. The Kier molecular flexibility index (Phi) is 3.57. The minimum atomic E-state index is -1.15. The Hall–Kier alpha value is -1.89. The lowest BCUT2D eigenvalue weighted by Crippen LogP contribution is -2.48. The first-order valence-electron chi connectivity index (χ1n) is 6.10. The van der Waals surface area contributed by atoms with E-state index in [1.165, 1.54) is 10.9 Å². The van der Waals surface area contributed by atoms with Crippen LogP contribution in [0.4, 0.5) is 0 Å². The van der Waals surface area contributed by atoms with E-state index >= 15 is 0 Å². The molecule has 7 heteroatoms. The number of carbonyl (C=O) groups excluding carboxylic acids is 1. The van der Waals surface area contributed by atoms with E-state index in [0.29, 0.717) is 13.1 Å².